The third kappa shape index (κ3) is 7.24. The van der Waals surface area contributed by atoms with Gasteiger partial charge in [-0.15, -0.1) is 0 Å². The number of benzene rings is 2. The number of carbonyl (C=O) groups is 2. The van der Waals surface area contributed by atoms with E-state index in [9.17, 15) is 22.6 Å². The number of para-hydroxylation sites is 1. The first-order valence-corrected chi connectivity index (χ1v) is 10.2. The van der Waals surface area contributed by atoms with Crippen LogP contribution in [0.1, 0.15) is 53.8 Å². The Labute approximate surface area is 192 Å². The van der Waals surface area contributed by atoms with Crippen molar-refractivity contribution < 1.29 is 61.6 Å². The Morgan fingerprint density at radius 1 is 0.966 bits per heavy atom. The van der Waals surface area contributed by atoms with Gasteiger partial charge in [0.2, 0.25) is 0 Å². The molecule has 0 saturated heterocycles. The van der Waals surface area contributed by atoms with E-state index in [0.29, 0.717) is 6.42 Å². The van der Waals surface area contributed by atoms with Gasteiger partial charge in [0.25, 0.3) is 0 Å². The summed E-state index contributed by atoms with van der Waals surface area (Å²) in [6.45, 7) is 3.94. The fourth-order valence-corrected chi connectivity index (χ4v) is 3.13. The Balaban J connectivity index is 0.00000420. The van der Waals surface area contributed by atoms with Crippen molar-refractivity contribution >= 4 is 22.1 Å². The molecule has 0 aliphatic heterocycles. The molecule has 0 radical (unpaired) electrons. The van der Waals surface area contributed by atoms with Crippen molar-refractivity contribution in [2.24, 2.45) is 0 Å². The molecule has 0 aromatic heterocycles. The first-order valence-electron chi connectivity index (χ1n) is 8.84. The summed E-state index contributed by atoms with van der Waals surface area (Å²) in [5.74, 6) is -1.69. The Hall–Kier alpha value is -1.71. The summed E-state index contributed by atoms with van der Waals surface area (Å²) in [7, 11) is -4.79. The number of rotatable bonds is 8. The smallest absolute Gasteiger partial charge is 0.744 e. The van der Waals surface area contributed by atoms with Crippen LogP contribution in [-0.4, -0.2) is 31.0 Å². The van der Waals surface area contributed by atoms with Crippen LogP contribution in [0.3, 0.4) is 0 Å². The van der Waals surface area contributed by atoms with Gasteiger partial charge in [-0.05, 0) is 49.2 Å². The quantitative estimate of drug-likeness (QED) is 0.261. The molecule has 0 heterocycles. The molecule has 0 aliphatic carbocycles. The first kappa shape index (κ1) is 25.3. The minimum Gasteiger partial charge on any atom is -0.744 e. The van der Waals surface area contributed by atoms with Crippen LogP contribution in [0.15, 0.2) is 53.4 Å². The van der Waals surface area contributed by atoms with Gasteiger partial charge in [-0.3, -0.25) is 0 Å². The van der Waals surface area contributed by atoms with Crippen LogP contribution in [0.2, 0.25) is 0 Å². The van der Waals surface area contributed by atoms with Gasteiger partial charge in [0.15, 0.2) is 0 Å². The van der Waals surface area contributed by atoms with E-state index in [4.69, 9.17) is 9.47 Å². The van der Waals surface area contributed by atoms with E-state index in [2.05, 4.69) is 0 Å². The first-order chi connectivity index (χ1) is 13.3. The maximum absolute atomic E-state index is 12.2. The Morgan fingerprint density at radius 3 is 2.03 bits per heavy atom. The fraction of sp³-hybridized carbons (Fsp3) is 0.300. The molecule has 2 aromatic carbocycles. The maximum atomic E-state index is 12.2. The second-order valence-electron chi connectivity index (χ2n) is 6.09. The average molecular weight is 428 g/mol. The second kappa shape index (κ2) is 11.5. The average Bonchev–Trinajstić information content (AvgIpc) is 2.67. The zero-order valence-corrected chi connectivity index (χ0v) is 19.4. The molecule has 0 aliphatic rings. The van der Waals surface area contributed by atoms with Crippen LogP contribution < -0.4 is 34.3 Å². The van der Waals surface area contributed by atoms with Crippen LogP contribution in [0.25, 0.3) is 0 Å². The summed E-state index contributed by atoms with van der Waals surface area (Å²) in [5, 5.41) is 0. The van der Waals surface area contributed by atoms with E-state index in [1.807, 2.05) is 13.8 Å². The molecular weight excluding hydrogens is 407 g/mol. The second-order valence-corrected chi connectivity index (χ2v) is 7.44. The van der Waals surface area contributed by atoms with Gasteiger partial charge in [-0.1, -0.05) is 32.4 Å². The molecule has 150 valence electrons. The number of esters is 2. The van der Waals surface area contributed by atoms with Crippen molar-refractivity contribution in [2.75, 3.05) is 0 Å². The third-order valence-electron chi connectivity index (χ3n) is 4.02. The molecule has 2 rings (SSSR count). The molecule has 1 atom stereocenters. The topological polar surface area (TPSA) is 110 Å². The van der Waals surface area contributed by atoms with Crippen LogP contribution in [0.5, 0.6) is 5.75 Å². The zero-order valence-electron chi connectivity index (χ0n) is 16.6. The normalized spacial score (nSPS) is 11.8. The summed E-state index contributed by atoms with van der Waals surface area (Å²) in [5.41, 5.74) is 0.379. The molecule has 0 amide bonds. The molecule has 0 N–H and O–H groups in total. The molecule has 9 heteroatoms. The summed E-state index contributed by atoms with van der Waals surface area (Å²) in [6.07, 6.45) is 2.23. The van der Waals surface area contributed by atoms with Gasteiger partial charge in [0, 0.05) is 0 Å². The van der Waals surface area contributed by atoms with Crippen LogP contribution in [-0.2, 0) is 14.9 Å². The summed E-state index contributed by atoms with van der Waals surface area (Å²) in [4.78, 5) is 23.8. The van der Waals surface area contributed by atoms with Gasteiger partial charge in [0.1, 0.15) is 22.0 Å². The van der Waals surface area contributed by atoms with Crippen molar-refractivity contribution in [3.05, 3.63) is 59.7 Å². The van der Waals surface area contributed by atoms with Gasteiger partial charge < -0.3 is 14.0 Å². The van der Waals surface area contributed by atoms with Gasteiger partial charge in [-0.25, -0.2) is 18.0 Å². The molecule has 7 nitrogen and oxygen atoms in total. The van der Waals surface area contributed by atoms with E-state index in [1.54, 1.807) is 0 Å². The molecule has 0 bridgehead atoms. The number of carbonyl (C=O) groups excluding carboxylic acids is 2. The summed E-state index contributed by atoms with van der Waals surface area (Å²) in [6, 6.07) is 10.7. The van der Waals surface area contributed by atoms with Crippen molar-refractivity contribution in [1.29, 1.82) is 0 Å². The zero-order chi connectivity index (χ0) is 20.7. The molecular formula is C20H21NaO7S. The van der Waals surface area contributed by atoms with Crippen molar-refractivity contribution in [2.45, 2.75) is 44.1 Å². The molecule has 1 unspecified atom stereocenters. The number of hydrogen-bond donors (Lipinski definition) is 0. The van der Waals surface area contributed by atoms with Gasteiger partial charge in [-0.2, -0.15) is 0 Å². The minimum absolute atomic E-state index is 0. The molecule has 0 spiro atoms. The Kier molecular flexibility index (Phi) is 10.0. The number of hydrogen-bond acceptors (Lipinski definition) is 7. The van der Waals surface area contributed by atoms with E-state index in [1.165, 1.54) is 42.5 Å². The third-order valence-corrected chi connectivity index (χ3v) is 4.89. The minimum atomic E-state index is -4.79. The molecule has 0 fully saturated rings. The Morgan fingerprint density at radius 2 is 1.52 bits per heavy atom. The summed E-state index contributed by atoms with van der Waals surface area (Å²) >= 11 is 0. The standard InChI is InChI=1S/C20H22O7S.Na/c1-3-7-16(4-2)26-19(21)14-10-12-15(13-11-14)20(22)27-17-8-5-6-9-18(17)28(23,24)25;/h5-6,8-13,16H,3-4,7H2,1-2H3,(H,23,24,25);/q;+1/p-1. The van der Waals surface area contributed by atoms with Crippen molar-refractivity contribution in [3.8, 4) is 5.75 Å². The van der Waals surface area contributed by atoms with Crippen molar-refractivity contribution in [3.63, 3.8) is 0 Å². The van der Waals surface area contributed by atoms with E-state index >= 15 is 0 Å². The monoisotopic (exact) mass is 428 g/mol. The molecule has 29 heavy (non-hydrogen) atoms. The predicted molar refractivity (Wildman–Crippen MR) is 100 cm³/mol. The van der Waals surface area contributed by atoms with Gasteiger partial charge in [0.05, 0.1) is 16.0 Å². The maximum Gasteiger partial charge on any atom is 1.00 e. The van der Waals surface area contributed by atoms with Crippen LogP contribution in [0.4, 0.5) is 0 Å². The fourth-order valence-electron chi connectivity index (χ4n) is 2.53. The SMILES string of the molecule is CCCC(CC)OC(=O)c1ccc(C(=O)Oc2ccccc2S(=O)(=O)[O-])cc1.[Na+]. The predicted octanol–water partition coefficient (Wildman–Crippen LogP) is 0.549. The molecule has 2 aromatic rings. The largest absolute Gasteiger partial charge is 1.00 e. The Bertz CT molecular complexity index is 940. The van der Waals surface area contributed by atoms with Crippen LogP contribution >= 0.6 is 0 Å². The summed E-state index contributed by atoms with van der Waals surface area (Å²) < 4.78 is 44.2. The number of ether oxygens (including phenoxy) is 2. The van der Waals surface area contributed by atoms with Crippen molar-refractivity contribution in [1.82, 2.24) is 0 Å². The molecule has 0 saturated carbocycles. The van der Waals surface area contributed by atoms with E-state index < -0.39 is 27.0 Å². The van der Waals surface area contributed by atoms with E-state index in [-0.39, 0.29) is 52.5 Å². The van der Waals surface area contributed by atoms with Crippen LogP contribution in [0, 0.1) is 0 Å². The van der Waals surface area contributed by atoms with E-state index in [0.717, 1.165) is 18.9 Å². The van der Waals surface area contributed by atoms with Gasteiger partial charge >= 0.3 is 41.5 Å².